The quantitative estimate of drug-likeness (QED) is 0.847. The Labute approximate surface area is 120 Å². The van der Waals surface area contributed by atoms with Crippen LogP contribution in [-0.2, 0) is 11.3 Å². The van der Waals surface area contributed by atoms with Gasteiger partial charge in [0.1, 0.15) is 0 Å². The number of anilines is 2. The van der Waals surface area contributed by atoms with Gasteiger partial charge in [0.2, 0.25) is 0 Å². The number of nitrogens with two attached hydrogens (primary N) is 1. The van der Waals surface area contributed by atoms with E-state index < -0.39 is 5.60 Å². The Hall–Kier alpha value is -1.27. The summed E-state index contributed by atoms with van der Waals surface area (Å²) in [5.74, 6) is 0.907. The third-order valence-electron chi connectivity index (χ3n) is 3.90. The van der Waals surface area contributed by atoms with Crippen LogP contribution in [0.1, 0.15) is 31.9 Å². The van der Waals surface area contributed by atoms with Crippen LogP contribution in [0.4, 0.5) is 11.5 Å². The van der Waals surface area contributed by atoms with Gasteiger partial charge in [-0.05, 0) is 13.3 Å². The number of rotatable bonds is 5. The van der Waals surface area contributed by atoms with Gasteiger partial charge in [-0.15, -0.1) is 0 Å². The Balaban J connectivity index is 2.17. The minimum absolute atomic E-state index is 0.551. The van der Waals surface area contributed by atoms with E-state index in [1.807, 2.05) is 23.6 Å². The Morgan fingerprint density at radius 1 is 1.45 bits per heavy atom. The maximum atomic E-state index is 10.6. The standard InChI is InChI=1S/C14H26N4O2/c1-4-7-18-13(12(15)11(2)16-18)17(3)10-14(19)5-8-20-9-6-14/h19H,4-10,15H2,1-3H3. The van der Waals surface area contributed by atoms with E-state index in [4.69, 9.17) is 10.5 Å². The lowest BCUT2D eigenvalue weighted by molar-refractivity contribution is -0.0573. The van der Waals surface area contributed by atoms with Gasteiger partial charge in [0.15, 0.2) is 5.82 Å². The summed E-state index contributed by atoms with van der Waals surface area (Å²) in [6, 6.07) is 0. The number of nitrogen functional groups attached to an aromatic ring is 1. The number of ether oxygens (including phenoxy) is 1. The van der Waals surface area contributed by atoms with Crippen molar-refractivity contribution in [3.63, 3.8) is 0 Å². The first-order chi connectivity index (χ1) is 9.47. The SMILES string of the molecule is CCCn1nc(C)c(N)c1N(C)CC1(O)CCOCC1. The van der Waals surface area contributed by atoms with E-state index in [0.717, 1.165) is 24.5 Å². The molecule has 0 atom stereocenters. The molecule has 0 amide bonds. The average molecular weight is 282 g/mol. The summed E-state index contributed by atoms with van der Waals surface area (Å²) < 4.78 is 7.26. The first-order valence-corrected chi connectivity index (χ1v) is 7.31. The van der Waals surface area contributed by atoms with Crippen molar-refractivity contribution in [3.05, 3.63) is 5.69 Å². The van der Waals surface area contributed by atoms with Crippen LogP contribution < -0.4 is 10.6 Å². The molecule has 0 saturated carbocycles. The van der Waals surface area contributed by atoms with Gasteiger partial charge in [0.25, 0.3) is 0 Å². The van der Waals surface area contributed by atoms with Gasteiger partial charge in [-0.25, -0.2) is 4.68 Å². The van der Waals surface area contributed by atoms with Gasteiger partial charge >= 0.3 is 0 Å². The highest BCUT2D eigenvalue weighted by molar-refractivity contribution is 5.66. The molecule has 2 heterocycles. The largest absolute Gasteiger partial charge is 0.394 e. The minimum Gasteiger partial charge on any atom is -0.394 e. The molecule has 6 nitrogen and oxygen atoms in total. The Morgan fingerprint density at radius 3 is 2.70 bits per heavy atom. The lowest BCUT2D eigenvalue weighted by Gasteiger charge is -2.36. The Morgan fingerprint density at radius 2 is 2.10 bits per heavy atom. The van der Waals surface area contributed by atoms with E-state index >= 15 is 0 Å². The van der Waals surface area contributed by atoms with Crippen molar-refractivity contribution in [1.29, 1.82) is 0 Å². The van der Waals surface area contributed by atoms with Gasteiger partial charge in [-0.1, -0.05) is 6.92 Å². The lowest BCUT2D eigenvalue weighted by Crippen LogP contribution is -2.46. The minimum atomic E-state index is -0.700. The van der Waals surface area contributed by atoms with Crippen LogP contribution in [0.2, 0.25) is 0 Å². The number of hydrogen-bond acceptors (Lipinski definition) is 5. The normalized spacial score (nSPS) is 18.2. The maximum absolute atomic E-state index is 10.6. The average Bonchev–Trinajstić information content (AvgIpc) is 2.65. The molecule has 1 aromatic heterocycles. The second kappa shape index (κ2) is 6.01. The summed E-state index contributed by atoms with van der Waals surface area (Å²) in [5.41, 5.74) is 7.00. The molecule has 1 aromatic rings. The molecule has 3 N–H and O–H groups in total. The summed E-state index contributed by atoms with van der Waals surface area (Å²) >= 11 is 0. The molecule has 114 valence electrons. The number of hydrogen-bond donors (Lipinski definition) is 2. The fraction of sp³-hybridized carbons (Fsp3) is 0.786. The van der Waals surface area contributed by atoms with Crippen LogP contribution in [0.25, 0.3) is 0 Å². The Kier molecular flexibility index (Phi) is 4.55. The molecule has 1 fully saturated rings. The third-order valence-corrected chi connectivity index (χ3v) is 3.90. The molecule has 1 aliphatic rings. The van der Waals surface area contributed by atoms with E-state index in [1.165, 1.54) is 0 Å². The zero-order valence-electron chi connectivity index (χ0n) is 12.7. The number of nitrogens with zero attached hydrogens (tertiary/aromatic N) is 3. The zero-order valence-corrected chi connectivity index (χ0v) is 12.7. The van der Waals surface area contributed by atoms with Crippen LogP contribution in [0.3, 0.4) is 0 Å². The molecular weight excluding hydrogens is 256 g/mol. The van der Waals surface area contributed by atoms with Crippen molar-refractivity contribution in [2.45, 2.75) is 45.3 Å². The van der Waals surface area contributed by atoms with Crippen LogP contribution in [0.5, 0.6) is 0 Å². The van der Waals surface area contributed by atoms with Crippen molar-refractivity contribution in [1.82, 2.24) is 9.78 Å². The van der Waals surface area contributed by atoms with Gasteiger partial charge in [0, 0.05) is 46.2 Å². The first-order valence-electron chi connectivity index (χ1n) is 7.31. The highest BCUT2D eigenvalue weighted by Crippen LogP contribution is 2.29. The fourth-order valence-corrected chi connectivity index (χ4v) is 2.78. The zero-order chi connectivity index (χ0) is 14.8. The van der Waals surface area contributed by atoms with E-state index in [2.05, 4.69) is 12.0 Å². The van der Waals surface area contributed by atoms with Gasteiger partial charge in [0.05, 0.1) is 17.0 Å². The van der Waals surface area contributed by atoms with Gasteiger partial charge < -0.3 is 20.5 Å². The molecule has 6 heteroatoms. The summed E-state index contributed by atoms with van der Waals surface area (Å²) in [6.07, 6.45) is 2.33. The molecule has 0 spiro atoms. The Bertz CT molecular complexity index is 452. The number of aryl methyl sites for hydroxylation is 2. The number of aromatic nitrogens is 2. The molecule has 0 radical (unpaired) electrons. The van der Waals surface area contributed by atoms with Crippen LogP contribution >= 0.6 is 0 Å². The van der Waals surface area contributed by atoms with Crippen LogP contribution in [0, 0.1) is 6.92 Å². The summed E-state index contributed by atoms with van der Waals surface area (Å²) in [6.45, 7) is 6.65. The van der Waals surface area contributed by atoms with E-state index in [0.29, 0.717) is 38.3 Å². The second-order valence-electron chi connectivity index (χ2n) is 5.74. The first kappa shape index (κ1) is 15.1. The predicted molar refractivity (Wildman–Crippen MR) is 79.9 cm³/mol. The van der Waals surface area contributed by atoms with Crippen molar-refractivity contribution in [2.75, 3.05) is 37.4 Å². The lowest BCUT2D eigenvalue weighted by atomic mass is 9.94. The van der Waals surface area contributed by atoms with Crippen molar-refractivity contribution < 1.29 is 9.84 Å². The van der Waals surface area contributed by atoms with Crippen LogP contribution in [0.15, 0.2) is 0 Å². The number of likely N-dealkylation sites (N-methyl/N-ethyl adjacent to an activating group) is 1. The molecule has 0 aliphatic carbocycles. The molecule has 20 heavy (non-hydrogen) atoms. The predicted octanol–water partition coefficient (Wildman–Crippen LogP) is 1.16. The van der Waals surface area contributed by atoms with Crippen LogP contribution in [-0.4, -0.2) is 47.3 Å². The summed E-state index contributed by atoms with van der Waals surface area (Å²) in [4.78, 5) is 2.02. The van der Waals surface area contributed by atoms with Crippen molar-refractivity contribution >= 4 is 11.5 Å². The smallest absolute Gasteiger partial charge is 0.150 e. The van der Waals surface area contributed by atoms with Crippen molar-refractivity contribution in [2.24, 2.45) is 0 Å². The van der Waals surface area contributed by atoms with E-state index in [9.17, 15) is 5.11 Å². The topological polar surface area (TPSA) is 76.5 Å². The van der Waals surface area contributed by atoms with Crippen molar-refractivity contribution in [3.8, 4) is 0 Å². The summed E-state index contributed by atoms with van der Waals surface area (Å²) in [7, 11) is 1.96. The second-order valence-corrected chi connectivity index (χ2v) is 5.74. The molecule has 0 unspecified atom stereocenters. The molecule has 0 bridgehead atoms. The molecule has 2 rings (SSSR count). The highest BCUT2D eigenvalue weighted by atomic mass is 16.5. The third kappa shape index (κ3) is 3.07. The van der Waals surface area contributed by atoms with Gasteiger partial charge in [-0.3, -0.25) is 0 Å². The highest BCUT2D eigenvalue weighted by Gasteiger charge is 2.32. The molecular formula is C14H26N4O2. The molecule has 1 aliphatic heterocycles. The number of aliphatic hydroxyl groups is 1. The van der Waals surface area contributed by atoms with E-state index in [-0.39, 0.29) is 0 Å². The summed E-state index contributed by atoms with van der Waals surface area (Å²) in [5, 5.41) is 15.1. The molecule has 0 aromatic carbocycles. The fourth-order valence-electron chi connectivity index (χ4n) is 2.78. The van der Waals surface area contributed by atoms with E-state index in [1.54, 1.807) is 0 Å². The monoisotopic (exact) mass is 282 g/mol. The maximum Gasteiger partial charge on any atom is 0.150 e. The van der Waals surface area contributed by atoms with Gasteiger partial charge in [-0.2, -0.15) is 5.10 Å². The molecule has 1 saturated heterocycles.